The summed E-state index contributed by atoms with van der Waals surface area (Å²) in [6.07, 6.45) is -2.99. The molecule has 0 spiro atoms. The van der Waals surface area contributed by atoms with E-state index < -0.39 is 17.7 Å². The molecule has 6 nitrogen and oxygen atoms in total. The lowest BCUT2D eigenvalue weighted by molar-refractivity contribution is -0.137. The van der Waals surface area contributed by atoms with Gasteiger partial charge >= 0.3 is 6.18 Å². The fraction of sp³-hybridized carbons (Fsp3) is 0.400. The number of hydrogen-bond acceptors (Lipinski definition) is 4. The molecule has 0 radical (unpaired) electrons. The third kappa shape index (κ3) is 4.79. The second kappa shape index (κ2) is 8.28. The zero-order valence-corrected chi connectivity index (χ0v) is 16.1. The van der Waals surface area contributed by atoms with E-state index in [9.17, 15) is 22.8 Å². The van der Waals surface area contributed by atoms with Gasteiger partial charge in [-0.15, -0.1) is 0 Å². The smallest absolute Gasteiger partial charge is 0.416 e. The zero-order chi connectivity index (χ0) is 21.2. The number of benzene rings is 1. The molecule has 1 aliphatic rings. The van der Waals surface area contributed by atoms with E-state index in [2.05, 4.69) is 5.32 Å². The molecular formula is C20H22F3N3O3. The normalized spacial score (nSPS) is 18.3. The van der Waals surface area contributed by atoms with Crippen molar-refractivity contribution in [2.45, 2.75) is 18.6 Å². The van der Waals surface area contributed by atoms with Gasteiger partial charge in [0.1, 0.15) is 5.76 Å². The van der Waals surface area contributed by atoms with Crippen LogP contribution in [0.3, 0.4) is 0 Å². The summed E-state index contributed by atoms with van der Waals surface area (Å²) in [7, 11) is 3.71. The SMILES string of the molecule is CN(C)[C@@H](CNC(=O)[C@H]1CC(=O)N(c2cccc(C(F)(F)F)c2)C1)c1ccco1. The third-order valence-corrected chi connectivity index (χ3v) is 4.95. The first-order valence-corrected chi connectivity index (χ1v) is 9.12. The standard InChI is InChI=1S/C20H22F3N3O3/c1-25(2)16(17-7-4-8-29-17)11-24-19(28)13-9-18(27)26(12-13)15-6-3-5-14(10-15)20(21,22)23/h3-8,10,13,16H,9,11-12H2,1-2H3,(H,24,28)/t13-,16-/m0/s1. The van der Waals surface area contributed by atoms with Gasteiger partial charge in [-0.2, -0.15) is 13.2 Å². The van der Waals surface area contributed by atoms with Crippen molar-refractivity contribution in [3.05, 3.63) is 54.0 Å². The fourth-order valence-corrected chi connectivity index (χ4v) is 3.34. The van der Waals surface area contributed by atoms with Gasteiger partial charge in [-0.3, -0.25) is 14.5 Å². The number of nitrogens with zero attached hydrogens (tertiary/aromatic N) is 2. The van der Waals surface area contributed by atoms with Crippen molar-refractivity contribution in [2.24, 2.45) is 5.92 Å². The molecule has 0 aliphatic carbocycles. The topological polar surface area (TPSA) is 65.8 Å². The molecule has 2 aromatic rings. The molecule has 1 N–H and O–H groups in total. The highest BCUT2D eigenvalue weighted by atomic mass is 19.4. The maximum Gasteiger partial charge on any atom is 0.416 e. The minimum Gasteiger partial charge on any atom is -0.468 e. The Morgan fingerprint density at radius 1 is 1.31 bits per heavy atom. The first-order valence-electron chi connectivity index (χ1n) is 9.12. The Morgan fingerprint density at radius 3 is 2.69 bits per heavy atom. The first kappa shape index (κ1) is 20.9. The number of furan rings is 1. The van der Waals surface area contributed by atoms with E-state index in [4.69, 9.17) is 4.42 Å². The molecule has 2 amide bonds. The van der Waals surface area contributed by atoms with E-state index in [0.717, 1.165) is 12.1 Å². The number of amides is 2. The summed E-state index contributed by atoms with van der Waals surface area (Å²) in [6.45, 7) is 0.326. The van der Waals surface area contributed by atoms with Crippen LogP contribution >= 0.6 is 0 Å². The molecule has 1 aromatic carbocycles. The van der Waals surface area contributed by atoms with Gasteiger partial charge < -0.3 is 14.6 Å². The Labute approximate surface area is 166 Å². The van der Waals surface area contributed by atoms with Crippen molar-refractivity contribution >= 4 is 17.5 Å². The molecule has 1 fully saturated rings. The quantitative estimate of drug-likeness (QED) is 0.797. The number of rotatable bonds is 6. The van der Waals surface area contributed by atoms with Gasteiger partial charge in [-0.1, -0.05) is 6.07 Å². The Morgan fingerprint density at radius 2 is 2.07 bits per heavy atom. The fourth-order valence-electron chi connectivity index (χ4n) is 3.34. The average Bonchev–Trinajstić information content (AvgIpc) is 3.31. The molecule has 29 heavy (non-hydrogen) atoms. The summed E-state index contributed by atoms with van der Waals surface area (Å²) >= 11 is 0. The van der Waals surface area contributed by atoms with E-state index in [1.54, 1.807) is 12.3 Å². The largest absolute Gasteiger partial charge is 0.468 e. The summed E-state index contributed by atoms with van der Waals surface area (Å²) in [5.74, 6) is -0.620. The number of halogens is 3. The van der Waals surface area contributed by atoms with Crippen LogP contribution < -0.4 is 10.2 Å². The molecule has 9 heteroatoms. The third-order valence-electron chi connectivity index (χ3n) is 4.95. The predicted molar refractivity (Wildman–Crippen MR) is 100 cm³/mol. The van der Waals surface area contributed by atoms with Gasteiger partial charge in [0.05, 0.1) is 23.8 Å². The average molecular weight is 409 g/mol. The highest BCUT2D eigenvalue weighted by Gasteiger charge is 2.37. The van der Waals surface area contributed by atoms with Gasteiger partial charge in [-0.05, 0) is 44.4 Å². The van der Waals surface area contributed by atoms with E-state index >= 15 is 0 Å². The zero-order valence-electron chi connectivity index (χ0n) is 16.1. The van der Waals surface area contributed by atoms with Crippen molar-refractivity contribution in [3.63, 3.8) is 0 Å². The minimum atomic E-state index is -4.50. The lowest BCUT2D eigenvalue weighted by Gasteiger charge is -2.23. The van der Waals surface area contributed by atoms with E-state index in [-0.39, 0.29) is 43.1 Å². The molecule has 1 aliphatic heterocycles. The van der Waals surface area contributed by atoms with Crippen LogP contribution in [0.25, 0.3) is 0 Å². The van der Waals surface area contributed by atoms with Crippen molar-refractivity contribution in [3.8, 4) is 0 Å². The first-order chi connectivity index (χ1) is 13.7. The number of carbonyl (C=O) groups is 2. The van der Waals surface area contributed by atoms with Gasteiger partial charge in [0, 0.05) is 25.2 Å². The second-order valence-electron chi connectivity index (χ2n) is 7.19. The van der Waals surface area contributed by atoms with Gasteiger partial charge in [0.2, 0.25) is 11.8 Å². The summed E-state index contributed by atoms with van der Waals surface area (Å²) in [4.78, 5) is 28.0. The molecule has 2 heterocycles. The maximum absolute atomic E-state index is 12.9. The molecule has 0 bridgehead atoms. The minimum absolute atomic E-state index is 0.0410. The summed E-state index contributed by atoms with van der Waals surface area (Å²) < 4.78 is 44.2. The Bertz CT molecular complexity index is 865. The van der Waals surface area contributed by atoms with Crippen molar-refractivity contribution in [1.82, 2.24) is 10.2 Å². The lowest BCUT2D eigenvalue weighted by Crippen LogP contribution is -2.38. The van der Waals surface area contributed by atoms with Crippen molar-refractivity contribution in [2.75, 3.05) is 32.1 Å². The molecule has 0 saturated carbocycles. The van der Waals surface area contributed by atoms with Crippen LogP contribution in [-0.4, -0.2) is 43.9 Å². The number of anilines is 1. The Hall–Kier alpha value is -2.81. The van der Waals surface area contributed by atoms with Crippen LogP contribution in [0.2, 0.25) is 0 Å². The summed E-state index contributed by atoms with van der Waals surface area (Å²) in [6, 6.07) is 7.96. The molecule has 1 saturated heterocycles. The highest BCUT2D eigenvalue weighted by Crippen LogP contribution is 2.33. The predicted octanol–water partition coefficient (Wildman–Crippen LogP) is 3.07. The molecule has 156 valence electrons. The van der Waals surface area contributed by atoms with Crippen LogP contribution in [0.5, 0.6) is 0 Å². The van der Waals surface area contributed by atoms with Crippen LogP contribution in [0.4, 0.5) is 18.9 Å². The molecule has 0 unspecified atom stereocenters. The summed E-state index contributed by atoms with van der Waals surface area (Å²) in [5, 5.41) is 2.82. The van der Waals surface area contributed by atoms with Gasteiger partial charge in [0.25, 0.3) is 0 Å². The maximum atomic E-state index is 12.9. The van der Waals surface area contributed by atoms with Crippen LogP contribution in [0.15, 0.2) is 47.1 Å². The second-order valence-corrected chi connectivity index (χ2v) is 7.19. The molecule has 2 atom stereocenters. The molecule has 3 rings (SSSR count). The van der Waals surface area contributed by atoms with Gasteiger partial charge in [0.15, 0.2) is 0 Å². The molecular weight excluding hydrogens is 387 g/mol. The van der Waals surface area contributed by atoms with Crippen LogP contribution in [0, 0.1) is 5.92 Å². The number of hydrogen-bond donors (Lipinski definition) is 1. The highest BCUT2D eigenvalue weighted by molar-refractivity contribution is 6.00. The van der Waals surface area contributed by atoms with E-state index in [0.29, 0.717) is 5.76 Å². The summed E-state index contributed by atoms with van der Waals surface area (Å²) in [5.41, 5.74) is -0.690. The number of carbonyl (C=O) groups excluding carboxylic acids is 2. The number of likely N-dealkylation sites (N-methyl/N-ethyl adjacent to an activating group) is 1. The van der Waals surface area contributed by atoms with Crippen LogP contribution in [0.1, 0.15) is 23.8 Å². The van der Waals surface area contributed by atoms with E-state index in [1.807, 2.05) is 25.1 Å². The van der Waals surface area contributed by atoms with Crippen LogP contribution in [-0.2, 0) is 15.8 Å². The van der Waals surface area contributed by atoms with E-state index in [1.165, 1.54) is 17.0 Å². The van der Waals surface area contributed by atoms with Crippen molar-refractivity contribution < 1.29 is 27.2 Å². The molecule has 1 aromatic heterocycles. The Kier molecular flexibility index (Phi) is 5.97. The monoisotopic (exact) mass is 409 g/mol. The lowest BCUT2D eigenvalue weighted by atomic mass is 10.1. The van der Waals surface area contributed by atoms with Gasteiger partial charge in [-0.25, -0.2) is 0 Å². The number of nitrogens with one attached hydrogen (secondary N) is 1. The Balaban J connectivity index is 1.65. The number of alkyl halides is 3. The van der Waals surface area contributed by atoms with Crippen molar-refractivity contribution in [1.29, 1.82) is 0 Å².